The molecular weight excluding hydrogens is 310 g/mol. The first kappa shape index (κ1) is 16.1. The van der Waals surface area contributed by atoms with Crippen molar-refractivity contribution in [2.24, 2.45) is 5.84 Å². The van der Waals surface area contributed by atoms with Crippen LogP contribution in [0.15, 0.2) is 10.8 Å². The quantitative estimate of drug-likeness (QED) is 0.588. The Morgan fingerprint density at radius 1 is 1.32 bits per heavy atom. The Balaban J connectivity index is 2.58. The molecule has 1 aromatic heterocycles. The fraction of sp³-hybridized carbons (Fsp3) is 0.667. The largest absolute Gasteiger partial charge is 0.475 e. The molecule has 0 aromatic carbocycles. The molecule has 0 amide bonds. The Morgan fingerprint density at radius 2 is 1.95 bits per heavy atom. The van der Waals surface area contributed by atoms with Crippen LogP contribution >= 0.6 is 15.9 Å². The molecule has 0 aliphatic heterocycles. The Bertz CT molecular complexity index is 392. The molecule has 1 rings (SSSR count). The molecule has 0 aliphatic carbocycles. The third-order valence-corrected chi connectivity index (χ3v) is 3.52. The van der Waals surface area contributed by atoms with Crippen LogP contribution in [0.5, 0.6) is 5.88 Å². The summed E-state index contributed by atoms with van der Waals surface area (Å²) in [7, 11) is 0. The third kappa shape index (κ3) is 4.59. The predicted molar refractivity (Wildman–Crippen MR) is 80.0 cm³/mol. The van der Waals surface area contributed by atoms with Gasteiger partial charge in [0.15, 0.2) is 5.82 Å². The SMILES string of the molecule is CC(C)N(CCOc1ncnc(NN)c1Br)C(C)C. The fourth-order valence-corrected chi connectivity index (χ4v) is 2.35. The van der Waals surface area contributed by atoms with Gasteiger partial charge in [0.2, 0.25) is 5.88 Å². The van der Waals surface area contributed by atoms with Crippen LogP contribution in [0.2, 0.25) is 0 Å². The van der Waals surface area contributed by atoms with Gasteiger partial charge < -0.3 is 10.2 Å². The average molecular weight is 332 g/mol. The van der Waals surface area contributed by atoms with Gasteiger partial charge in [0, 0.05) is 18.6 Å². The number of halogens is 1. The van der Waals surface area contributed by atoms with Crippen LogP contribution in [0.1, 0.15) is 27.7 Å². The lowest BCUT2D eigenvalue weighted by Crippen LogP contribution is -2.39. The van der Waals surface area contributed by atoms with Gasteiger partial charge in [-0.2, -0.15) is 0 Å². The predicted octanol–water partition coefficient (Wildman–Crippen LogP) is 2.02. The number of hydrogen-bond acceptors (Lipinski definition) is 6. The zero-order valence-electron chi connectivity index (χ0n) is 11.9. The van der Waals surface area contributed by atoms with Crippen molar-refractivity contribution in [1.82, 2.24) is 14.9 Å². The van der Waals surface area contributed by atoms with E-state index in [4.69, 9.17) is 10.6 Å². The Hall–Kier alpha value is -0.920. The first-order chi connectivity index (χ1) is 8.97. The van der Waals surface area contributed by atoms with E-state index < -0.39 is 0 Å². The van der Waals surface area contributed by atoms with Crippen molar-refractivity contribution >= 4 is 21.7 Å². The molecule has 6 nitrogen and oxygen atoms in total. The van der Waals surface area contributed by atoms with Crippen molar-refractivity contribution in [1.29, 1.82) is 0 Å². The van der Waals surface area contributed by atoms with Crippen LogP contribution < -0.4 is 16.0 Å². The number of nitrogens with one attached hydrogen (secondary N) is 1. The number of nitrogens with two attached hydrogens (primary N) is 1. The van der Waals surface area contributed by atoms with Crippen LogP contribution in [-0.2, 0) is 0 Å². The van der Waals surface area contributed by atoms with Crippen LogP contribution in [0.4, 0.5) is 5.82 Å². The highest BCUT2D eigenvalue weighted by atomic mass is 79.9. The van der Waals surface area contributed by atoms with E-state index in [0.717, 1.165) is 6.54 Å². The second-order valence-electron chi connectivity index (χ2n) is 4.76. The normalized spacial score (nSPS) is 11.4. The number of anilines is 1. The summed E-state index contributed by atoms with van der Waals surface area (Å²) in [5, 5.41) is 0. The van der Waals surface area contributed by atoms with Crippen molar-refractivity contribution < 1.29 is 4.74 Å². The summed E-state index contributed by atoms with van der Waals surface area (Å²) in [6.07, 6.45) is 1.41. The highest BCUT2D eigenvalue weighted by Crippen LogP contribution is 2.27. The van der Waals surface area contributed by atoms with E-state index >= 15 is 0 Å². The summed E-state index contributed by atoms with van der Waals surface area (Å²) < 4.78 is 6.31. The highest BCUT2D eigenvalue weighted by Gasteiger charge is 2.14. The zero-order valence-corrected chi connectivity index (χ0v) is 13.4. The van der Waals surface area contributed by atoms with Crippen molar-refractivity contribution in [3.05, 3.63) is 10.8 Å². The minimum atomic E-state index is 0.485. The number of nitrogen functional groups attached to an aromatic ring is 1. The summed E-state index contributed by atoms with van der Waals surface area (Å²) in [5.74, 6) is 6.35. The van der Waals surface area contributed by atoms with Crippen molar-refractivity contribution in [2.45, 2.75) is 39.8 Å². The standard InChI is InChI=1S/C12H22BrN5O/c1-8(2)18(9(3)4)5-6-19-12-10(13)11(17-14)15-7-16-12/h7-9H,5-6,14H2,1-4H3,(H,15,16,17). The number of ether oxygens (including phenoxy) is 1. The molecule has 3 N–H and O–H groups in total. The average Bonchev–Trinajstić information content (AvgIpc) is 2.35. The van der Waals surface area contributed by atoms with Gasteiger partial charge in [-0.15, -0.1) is 0 Å². The fourth-order valence-electron chi connectivity index (χ4n) is 1.92. The molecule has 0 fully saturated rings. The van der Waals surface area contributed by atoms with Gasteiger partial charge in [-0.05, 0) is 43.6 Å². The number of hydrazine groups is 1. The highest BCUT2D eigenvalue weighted by molar-refractivity contribution is 9.10. The molecule has 19 heavy (non-hydrogen) atoms. The number of rotatable bonds is 7. The molecule has 0 spiro atoms. The van der Waals surface area contributed by atoms with E-state index in [9.17, 15) is 0 Å². The van der Waals surface area contributed by atoms with Crippen LogP contribution in [-0.4, -0.2) is 40.1 Å². The maximum absolute atomic E-state index is 5.67. The van der Waals surface area contributed by atoms with Gasteiger partial charge in [0.1, 0.15) is 17.4 Å². The lowest BCUT2D eigenvalue weighted by atomic mass is 10.2. The molecule has 0 radical (unpaired) electrons. The van der Waals surface area contributed by atoms with Gasteiger partial charge >= 0.3 is 0 Å². The van der Waals surface area contributed by atoms with Crippen LogP contribution in [0.3, 0.4) is 0 Å². The lowest BCUT2D eigenvalue weighted by molar-refractivity contribution is 0.139. The maximum Gasteiger partial charge on any atom is 0.233 e. The number of nitrogens with zero attached hydrogens (tertiary/aromatic N) is 3. The first-order valence-corrected chi connectivity index (χ1v) is 7.12. The molecule has 1 heterocycles. The minimum absolute atomic E-state index is 0.485. The van der Waals surface area contributed by atoms with E-state index in [2.05, 4.69) is 63.9 Å². The maximum atomic E-state index is 5.67. The topological polar surface area (TPSA) is 76.3 Å². The summed E-state index contributed by atoms with van der Waals surface area (Å²) in [6, 6.07) is 0.970. The monoisotopic (exact) mass is 331 g/mol. The smallest absolute Gasteiger partial charge is 0.233 e. The van der Waals surface area contributed by atoms with E-state index in [1.807, 2.05) is 0 Å². The van der Waals surface area contributed by atoms with Gasteiger partial charge in [-0.1, -0.05) is 0 Å². The van der Waals surface area contributed by atoms with Crippen LogP contribution in [0.25, 0.3) is 0 Å². The molecule has 0 aliphatic rings. The summed E-state index contributed by atoms with van der Waals surface area (Å²) in [5.41, 5.74) is 2.48. The van der Waals surface area contributed by atoms with Gasteiger partial charge in [0.05, 0.1) is 0 Å². The van der Waals surface area contributed by atoms with Crippen molar-refractivity contribution in [3.63, 3.8) is 0 Å². The van der Waals surface area contributed by atoms with Gasteiger partial charge in [0.25, 0.3) is 0 Å². The molecule has 7 heteroatoms. The van der Waals surface area contributed by atoms with Crippen LogP contribution in [0, 0.1) is 0 Å². The summed E-state index contributed by atoms with van der Waals surface area (Å²) in [4.78, 5) is 10.4. The zero-order chi connectivity index (χ0) is 14.4. The second-order valence-corrected chi connectivity index (χ2v) is 5.55. The Labute approximate surface area is 122 Å². The minimum Gasteiger partial charge on any atom is -0.475 e. The molecule has 0 unspecified atom stereocenters. The molecule has 108 valence electrons. The van der Waals surface area contributed by atoms with Gasteiger partial charge in [-0.25, -0.2) is 15.8 Å². The van der Waals surface area contributed by atoms with E-state index in [1.54, 1.807) is 0 Å². The molecule has 0 saturated carbocycles. The van der Waals surface area contributed by atoms with Crippen molar-refractivity contribution in [3.8, 4) is 5.88 Å². The Kier molecular flexibility index (Phi) is 6.47. The molecule has 0 bridgehead atoms. The molecule has 0 saturated heterocycles. The third-order valence-electron chi connectivity index (χ3n) is 2.81. The second kappa shape index (κ2) is 7.62. The van der Waals surface area contributed by atoms with Crippen molar-refractivity contribution in [2.75, 3.05) is 18.6 Å². The van der Waals surface area contributed by atoms with E-state index in [1.165, 1.54) is 6.33 Å². The number of hydrogen-bond donors (Lipinski definition) is 2. The molecule has 0 atom stereocenters. The molecule has 1 aromatic rings. The lowest BCUT2D eigenvalue weighted by Gasteiger charge is -2.30. The van der Waals surface area contributed by atoms with E-state index in [0.29, 0.717) is 34.9 Å². The first-order valence-electron chi connectivity index (χ1n) is 6.33. The molecular formula is C12H22BrN5O. The number of aromatic nitrogens is 2. The summed E-state index contributed by atoms with van der Waals surface area (Å²) in [6.45, 7) is 10.1. The van der Waals surface area contributed by atoms with E-state index in [-0.39, 0.29) is 0 Å². The Morgan fingerprint density at radius 3 is 2.47 bits per heavy atom. The van der Waals surface area contributed by atoms with Gasteiger partial charge in [-0.3, -0.25) is 4.90 Å². The summed E-state index contributed by atoms with van der Waals surface area (Å²) >= 11 is 3.36.